The molecule has 12 nitrogen and oxygen atoms in total. The van der Waals surface area contributed by atoms with Gasteiger partial charge in [-0.15, -0.1) is 0 Å². The van der Waals surface area contributed by atoms with Gasteiger partial charge in [0, 0.05) is 24.7 Å². The standard InChI is InChI=1S/C13H22N6.C4H6O6/c1-16-9-4-5-19(7-9)12-10(6-8-2-3-8)11(14)17-13(15)18-12;5-1(3(7)8)2(6)4(9)10/h8-9,16H,2-7H2,1H3,(H4,14,15,17,18);1-2,5-6H,(H,7,8)(H,9,10)/t9-;/m1./s1. The largest absolute Gasteiger partial charge is 0.479 e. The van der Waals surface area contributed by atoms with E-state index in [0.29, 0.717) is 11.9 Å². The van der Waals surface area contributed by atoms with Gasteiger partial charge in [0.1, 0.15) is 11.6 Å². The molecule has 2 aliphatic rings. The highest BCUT2D eigenvalue weighted by Gasteiger charge is 2.30. The van der Waals surface area contributed by atoms with Crippen LogP contribution in [0.1, 0.15) is 24.8 Å². The van der Waals surface area contributed by atoms with E-state index in [0.717, 1.165) is 43.2 Å². The maximum absolute atomic E-state index is 9.77. The molecular formula is C17H28N6O6. The van der Waals surface area contributed by atoms with E-state index in [1.54, 1.807) is 0 Å². The summed E-state index contributed by atoms with van der Waals surface area (Å²) in [6.45, 7) is 1.96. The van der Waals surface area contributed by atoms with E-state index in [-0.39, 0.29) is 5.95 Å². The highest BCUT2D eigenvalue weighted by molar-refractivity contribution is 5.83. The Balaban J connectivity index is 0.000000257. The summed E-state index contributed by atoms with van der Waals surface area (Å²) in [6.07, 6.45) is 0.172. The number of hydrogen-bond acceptors (Lipinski definition) is 10. The van der Waals surface area contributed by atoms with E-state index in [1.165, 1.54) is 12.8 Å². The fraction of sp³-hybridized carbons (Fsp3) is 0.647. The average Bonchev–Trinajstić information content (AvgIpc) is 3.36. The average molecular weight is 412 g/mol. The van der Waals surface area contributed by atoms with Crippen molar-refractivity contribution in [2.75, 3.05) is 36.5 Å². The van der Waals surface area contributed by atoms with Gasteiger partial charge in [-0.2, -0.15) is 9.97 Å². The minimum atomic E-state index is -2.27. The SMILES string of the molecule is CN[C@@H]1CCN(c2nc(N)nc(N)c2CC2CC2)C1.O=C(O)C(O)C(O)C(=O)O. The smallest absolute Gasteiger partial charge is 0.335 e. The second kappa shape index (κ2) is 9.67. The van der Waals surface area contributed by atoms with Crippen LogP contribution in [0.5, 0.6) is 0 Å². The van der Waals surface area contributed by atoms with Crippen molar-refractivity contribution in [1.82, 2.24) is 15.3 Å². The van der Waals surface area contributed by atoms with Crippen LogP contribution in [0.25, 0.3) is 0 Å². The van der Waals surface area contributed by atoms with Crippen LogP contribution in [0.15, 0.2) is 0 Å². The molecule has 12 heteroatoms. The molecule has 0 amide bonds. The zero-order chi connectivity index (χ0) is 21.7. The predicted octanol–water partition coefficient (Wildman–Crippen LogP) is -1.73. The lowest BCUT2D eigenvalue weighted by Gasteiger charge is -2.22. The van der Waals surface area contributed by atoms with Crippen LogP contribution in [-0.2, 0) is 16.0 Å². The van der Waals surface area contributed by atoms with Gasteiger partial charge in [-0.05, 0) is 38.6 Å². The number of aromatic nitrogens is 2. The van der Waals surface area contributed by atoms with Crippen molar-refractivity contribution in [3.05, 3.63) is 5.56 Å². The number of anilines is 3. The monoisotopic (exact) mass is 412 g/mol. The molecule has 2 fully saturated rings. The predicted molar refractivity (Wildman–Crippen MR) is 104 cm³/mol. The molecule has 1 saturated carbocycles. The first kappa shape index (κ1) is 22.6. The van der Waals surface area contributed by atoms with Gasteiger partial charge in [-0.25, -0.2) is 9.59 Å². The van der Waals surface area contributed by atoms with E-state index in [1.807, 2.05) is 7.05 Å². The molecule has 9 N–H and O–H groups in total. The summed E-state index contributed by atoms with van der Waals surface area (Å²) < 4.78 is 0. The zero-order valence-corrected chi connectivity index (χ0v) is 16.2. The molecule has 1 aromatic rings. The van der Waals surface area contributed by atoms with E-state index < -0.39 is 24.1 Å². The highest BCUT2D eigenvalue weighted by Crippen LogP contribution is 2.37. The lowest BCUT2D eigenvalue weighted by molar-refractivity contribution is -0.165. The Hall–Kier alpha value is -2.70. The highest BCUT2D eigenvalue weighted by atomic mass is 16.4. The Morgan fingerprint density at radius 2 is 1.72 bits per heavy atom. The Morgan fingerprint density at radius 1 is 1.14 bits per heavy atom. The van der Waals surface area contributed by atoms with Crippen LogP contribution in [0, 0.1) is 5.92 Å². The summed E-state index contributed by atoms with van der Waals surface area (Å²) in [5, 5.41) is 35.8. The van der Waals surface area contributed by atoms with Gasteiger partial charge in [-0.1, -0.05) is 0 Å². The normalized spacial score (nSPS) is 20.5. The molecular weight excluding hydrogens is 384 g/mol. The van der Waals surface area contributed by atoms with Crippen LogP contribution in [-0.4, -0.2) is 80.7 Å². The van der Waals surface area contributed by atoms with Gasteiger partial charge < -0.3 is 42.1 Å². The zero-order valence-electron chi connectivity index (χ0n) is 16.2. The third-order valence-electron chi connectivity index (χ3n) is 4.93. The maximum atomic E-state index is 9.77. The molecule has 1 aromatic heterocycles. The number of nitrogens with zero attached hydrogens (tertiary/aromatic N) is 3. The molecule has 0 aromatic carbocycles. The van der Waals surface area contributed by atoms with Gasteiger partial charge in [0.25, 0.3) is 0 Å². The van der Waals surface area contributed by atoms with Gasteiger partial charge >= 0.3 is 11.9 Å². The van der Waals surface area contributed by atoms with Crippen molar-refractivity contribution < 1.29 is 30.0 Å². The third-order valence-corrected chi connectivity index (χ3v) is 4.93. The van der Waals surface area contributed by atoms with Crippen LogP contribution in [0.3, 0.4) is 0 Å². The summed E-state index contributed by atoms with van der Waals surface area (Å²) in [4.78, 5) is 30.4. The molecule has 2 heterocycles. The number of rotatable bonds is 7. The Labute approximate surface area is 167 Å². The number of hydrogen-bond donors (Lipinski definition) is 7. The van der Waals surface area contributed by atoms with Crippen molar-refractivity contribution in [2.24, 2.45) is 5.92 Å². The summed E-state index contributed by atoms with van der Waals surface area (Å²) in [7, 11) is 2.00. The molecule has 1 saturated heterocycles. The first-order chi connectivity index (χ1) is 13.6. The molecule has 162 valence electrons. The number of aliphatic carboxylic acids is 2. The summed E-state index contributed by atoms with van der Waals surface area (Å²) in [5.74, 6) is -0.988. The van der Waals surface area contributed by atoms with Gasteiger partial charge in [0.2, 0.25) is 5.95 Å². The van der Waals surface area contributed by atoms with E-state index in [9.17, 15) is 9.59 Å². The number of nitrogen functional groups attached to an aromatic ring is 2. The topological polar surface area (TPSA) is 208 Å². The molecule has 2 unspecified atom stereocenters. The van der Waals surface area contributed by atoms with Crippen LogP contribution >= 0.6 is 0 Å². The van der Waals surface area contributed by atoms with Crippen LogP contribution < -0.4 is 21.7 Å². The summed E-state index contributed by atoms with van der Waals surface area (Å²) in [6, 6.07) is 0.520. The van der Waals surface area contributed by atoms with Gasteiger partial charge in [0.05, 0.1) is 0 Å². The van der Waals surface area contributed by atoms with Crippen LogP contribution in [0.4, 0.5) is 17.6 Å². The number of nitrogens with one attached hydrogen (secondary N) is 1. The summed E-state index contributed by atoms with van der Waals surface area (Å²) >= 11 is 0. The van der Waals surface area contributed by atoms with Crippen molar-refractivity contribution >= 4 is 29.5 Å². The summed E-state index contributed by atoms with van der Waals surface area (Å²) in [5.41, 5.74) is 12.9. The fourth-order valence-corrected chi connectivity index (χ4v) is 3.03. The molecule has 3 atom stereocenters. The van der Waals surface area contributed by atoms with Gasteiger partial charge in [-0.3, -0.25) is 0 Å². The second-order valence-corrected chi connectivity index (χ2v) is 7.20. The Bertz CT molecular complexity index is 725. The molecule has 3 rings (SSSR count). The molecule has 0 bridgehead atoms. The van der Waals surface area contributed by atoms with Crippen molar-refractivity contribution in [2.45, 2.75) is 43.9 Å². The first-order valence-electron chi connectivity index (χ1n) is 9.29. The Morgan fingerprint density at radius 3 is 2.17 bits per heavy atom. The molecule has 0 radical (unpaired) electrons. The van der Waals surface area contributed by atoms with Crippen molar-refractivity contribution in [1.29, 1.82) is 0 Å². The third kappa shape index (κ3) is 6.14. The number of aliphatic hydroxyl groups excluding tert-OH is 2. The number of carboxylic acids is 2. The van der Waals surface area contributed by atoms with Crippen LogP contribution in [0.2, 0.25) is 0 Å². The van der Waals surface area contributed by atoms with Crippen molar-refractivity contribution in [3.8, 4) is 0 Å². The number of aliphatic hydroxyl groups is 2. The molecule has 29 heavy (non-hydrogen) atoms. The fourth-order valence-electron chi connectivity index (χ4n) is 3.03. The van der Waals surface area contributed by atoms with E-state index >= 15 is 0 Å². The molecule has 0 spiro atoms. The lowest BCUT2D eigenvalue weighted by atomic mass is 10.1. The number of carboxylic acid groups (broad SMARTS) is 2. The first-order valence-corrected chi connectivity index (χ1v) is 9.29. The number of carbonyl (C=O) groups is 2. The minimum absolute atomic E-state index is 0.278. The number of nitrogens with two attached hydrogens (primary N) is 2. The van der Waals surface area contributed by atoms with E-state index in [2.05, 4.69) is 20.2 Å². The lowest BCUT2D eigenvalue weighted by Crippen LogP contribution is -2.39. The van der Waals surface area contributed by atoms with Crippen molar-refractivity contribution in [3.63, 3.8) is 0 Å². The minimum Gasteiger partial charge on any atom is -0.479 e. The quantitative estimate of drug-likeness (QED) is 0.266. The molecule has 1 aliphatic heterocycles. The Kier molecular flexibility index (Phi) is 7.53. The molecule has 1 aliphatic carbocycles. The maximum Gasteiger partial charge on any atom is 0.335 e. The number of likely N-dealkylation sites (N-methyl/N-ethyl adjacent to an activating group) is 1. The second-order valence-electron chi connectivity index (χ2n) is 7.20. The van der Waals surface area contributed by atoms with E-state index in [4.69, 9.17) is 31.9 Å². The van der Waals surface area contributed by atoms with Gasteiger partial charge in [0.15, 0.2) is 12.2 Å².